The molecule has 0 saturated carbocycles. The van der Waals surface area contributed by atoms with E-state index in [1.54, 1.807) is 0 Å². The van der Waals surface area contributed by atoms with Gasteiger partial charge in [0.1, 0.15) is 0 Å². The first-order valence-corrected chi connectivity index (χ1v) is 9.12. The third-order valence-corrected chi connectivity index (χ3v) is 5.19. The van der Waals surface area contributed by atoms with E-state index in [2.05, 4.69) is 47.6 Å². The largest absolute Gasteiger partial charge is 0.358 e. The number of benzene rings is 2. The van der Waals surface area contributed by atoms with E-state index in [0.717, 1.165) is 25.7 Å². The highest BCUT2D eigenvalue weighted by atomic mass is 16.1. The van der Waals surface area contributed by atoms with Crippen LogP contribution in [0.5, 0.6) is 0 Å². The summed E-state index contributed by atoms with van der Waals surface area (Å²) in [5, 5.41) is 4.56. The molecule has 1 aliphatic rings. The van der Waals surface area contributed by atoms with Crippen molar-refractivity contribution in [1.29, 1.82) is 0 Å². The summed E-state index contributed by atoms with van der Waals surface area (Å²) in [5.41, 5.74) is 6.44. The molecule has 1 amide bonds. The Morgan fingerprint density at radius 2 is 2.04 bits per heavy atom. The van der Waals surface area contributed by atoms with Gasteiger partial charge in [-0.25, -0.2) is 0 Å². The van der Waals surface area contributed by atoms with Crippen LogP contribution in [0.4, 0.5) is 0 Å². The molecule has 3 nitrogen and oxygen atoms in total. The molecule has 0 saturated heterocycles. The fourth-order valence-corrected chi connectivity index (χ4v) is 3.86. The standard InChI is InChI=1S/C22H24N2O/c1-15-7-10-20-18(13-15)19-14-17(9-11-21(19)24-20)23-22(25)12-8-16-5-3-2-4-6-16/h2-7,10,13,17,24H,8-9,11-12,14H2,1H3,(H,23,25). The molecule has 1 atom stereocenters. The summed E-state index contributed by atoms with van der Waals surface area (Å²) in [5.74, 6) is 0.160. The van der Waals surface area contributed by atoms with Crippen molar-refractivity contribution >= 4 is 16.8 Å². The average molecular weight is 332 g/mol. The van der Waals surface area contributed by atoms with Crippen LogP contribution in [-0.2, 0) is 24.1 Å². The van der Waals surface area contributed by atoms with Crippen molar-refractivity contribution in [3.8, 4) is 0 Å². The quantitative estimate of drug-likeness (QED) is 0.743. The van der Waals surface area contributed by atoms with Gasteiger partial charge in [-0.15, -0.1) is 0 Å². The Hall–Kier alpha value is -2.55. The summed E-state index contributed by atoms with van der Waals surface area (Å²) in [7, 11) is 0. The molecule has 2 aromatic carbocycles. The summed E-state index contributed by atoms with van der Waals surface area (Å²) in [6.07, 6.45) is 4.30. The number of carbonyl (C=O) groups is 1. The van der Waals surface area contributed by atoms with E-state index < -0.39 is 0 Å². The predicted octanol–water partition coefficient (Wildman–Crippen LogP) is 4.08. The van der Waals surface area contributed by atoms with E-state index in [9.17, 15) is 4.79 Å². The minimum absolute atomic E-state index is 0.160. The second-order valence-corrected chi connectivity index (χ2v) is 7.12. The lowest BCUT2D eigenvalue weighted by Crippen LogP contribution is -2.38. The molecule has 0 aliphatic heterocycles. The van der Waals surface area contributed by atoms with E-state index in [1.807, 2.05) is 18.2 Å². The molecule has 1 aliphatic carbocycles. The number of H-pyrrole nitrogens is 1. The Morgan fingerprint density at radius 3 is 2.88 bits per heavy atom. The first kappa shape index (κ1) is 15.9. The topological polar surface area (TPSA) is 44.9 Å². The number of amides is 1. The van der Waals surface area contributed by atoms with Crippen LogP contribution in [-0.4, -0.2) is 16.9 Å². The van der Waals surface area contributed by atoms with Crippen molar-refractivity contribution in [3.05, 3.63) is 70.9 Å². The fourth-order valence-electron chi connectivity index (χ4n) is 3.86. The zero-order valence-corrected chi connectivity index (χ0v) is 14.6. The molecule has 1 aromatic heterocycles. The van der Waals surface area contributed by atoms with Crippen LogP contribution in [0.3, 0.4) is 0 Å². The van der Waals surface area contributed by atoms with E-state index in [1.165, 1.54) is 33.3 Å². The number of rotatable bonds is 4. The third-order valence-electron chi connectivity index (χ3n) is 5.19. The Kier molecular flexibility index (Phi) is 4.31. The normalized spacial score (nSPS) is 16.6. The smallest absolute Gasteiger partial charge is 0.220 e. The molecule has 25 heavy (non-hydrogen) atoms. The van der Waals surface area contributed by atoms with Gasteiger partial charge in [0.15, 0.2) is 0 Å². The van der Waals surface area contributed by atoms with Crippen LogP contribution in [0.1, 0.15) is 35.2 Å². The van der Waals surface area contributed by atoms with Gasteiger partial charge < -0.3 is 10.3 Å². The van der Waals surface area contributed by atoms with Crippen LogP contribution < -0.4 is 5.32 Å². The predicted molar refractivity (Wildman–Crippen MR) is 102 cm³/mol. The van der Waals surface area contributed by atoms with E-state index in [-0.39, 0.29) is 11.9 Å². The van der Waals surface area contributed by atoms with Crippen LogP contribution >= 0.6 is 0 Å². The maximum Gasteiger partial charge on any atom is 0.220 e. The van der Waals surface area contributed by atoms with Crippen molar-refractivity contribution in [2.24, 2.45) is 0 Å². The van der Waals surface area contributed by atoms with Gasteiger partial charge in [-0.1, -0.05) is 42.0 Å². The highest BCUT2D eigenvalue weighted by Crippen LogP contribution is 2.29. The molecule has 128 valence electrons. The number of aromatic amines is 1. The first-order valence-electron chi connectivity index (χ1n) is 9.12. The summed E-state index contributed by atoms with van der Waals surface area (Å²) in [6, 6.07) is 17.0. The number of fused-ring (bicyclic) bond motifs is 3. The fraction of sp³-hybridized carbons (Fsp3) is 0.318. The molecular formula is C22H24N2O. The van der Waals surface area contributed by atoms with Crippen LogP contribution in [0.15, 0.2) is 48.5 Å². The Morgan fingerprint density at radius 1 is 1.20 bits per heavy atom. The third kappa shape index (κ3) is 3.46. The minimum Gasteiger partial charge on any atom is -0.358 e. The summed E-state index contributed by atoms with van der Waals surface area (Å²) in [4.78, 5) is 15.9. The SMILES string of the molecule is Cc1ccc2[nH]c3c(c2c1)CC(NC(=O)CCc1ccccc1)CC3. The zero-order chi connectivity index (χ0) is 17.2. The number of hydrogen-bond donors (Lipinski definition) is 2. The molecule has 0 bridgehead atoms. The Bertz CT molecular complexity index is 895. The van der Waals surface area contributed by atoms with Crippen LogP contribution in [0.2, 0.25) is 0 Å². The number of aromatic nitrogens is 1. The second-order valence-electron chi connectivity index (χ2n) is 7.12. The summed E-state index contributed by atoms with van der Waals surface area (Å²) >= 11 is 0. The van der Waals surface area contributed by atoms with Crippen molar-refractivity contribution in [2.75, 3.05) is 0 Å². The van der Waals surface area contributed by atoms with Gasteiger partial charge in [-0.05, 0) is 55.9 Å². The number of nitrogens with one attached hydrogen (secondary N) is 2. The van der Waals surface area contributed by atoms with Gasteiger partial charge in [-0.2, -0.15) is 0 Å². The molecule has 1 heterocycles. The summed E-state index contributed by atoms with van der Waals surface area (Å²) in [6.45, 7) is 2.13. The minimum atomic E-state index is 0.160. The zero-order valence-electron chi connectivity index (χ0n) is 14.6. The lowest BCUT2D eigenvalue weighted by molar-refractivity contribution is -0.121. The maximum atomic E-state index is 12.3. The molecule has 3 aromatic rings. The van der Waals surface area contributed by atoms with E-state index >= 15 is 0 Å². The van der Waals surface area contributed by atoms with Crippen molar-refractivity contribution in [2.45, 2.75) is 45.1 Å². The van der Waals surface area contributed by atoms with Gasteiger partial charge in [0.2, 0.25) is 5.91 Å². The number of carbonyl (C=O) groups excluding carboxylic acids is 1. The van der Waals surface area contributed by atoms with Crippen molar-refractivity contribution in [1.82, 2.24) is 10.3 Å². The monoisotopic (exact) mass is 332 g/mol. The van der Waals surface area contributed by atoms with Crippen molar-refractivity contribution < 1.29 is 4.79 Å². The van der Waals surface area contributed by atoms with Crippen LogP contribution in [0.25, 0.3) is 10.9 Å². The molecule has 4 rings (SSSR count). The molecule has 2 N–H and O–H groups in total. The van der Waals surface area contributed by atoms with Gasteiger partial charge in [0, 0.05) is 29.1 Å². The Balaban J connectivity index is 1.41. The summed E-state index contributed by atoms with van der Waals surface area (Å²) < 4.78 is 0. The molecular weight excluding hydrogens is 308 g/mol. The lowest BCUT2D eigenvalue weighted by atomic mass is 9.91. The molecule has 0 radical (unpaired) electrons. The molecule has 1 unspecified atom stereocenters. The highest BCUT2D eigenvalue weighted by Gasteiger charge is 2.23. The Labute approximate surface area is 148 Å². The first-order chi connectivity index (χ1) is 12.2. The number of aryl methyl sites for hydroxylation is 3. The molecule has 3 heteroatoms. The van der Waals surface area contributed by atoms with Gasteiger partial charge >= 0.3 is 0 Å². The van der Waals surface area contributed by atoms with Crippen LogP contribution in [0, 0.1) is 6.92 Å². The van der Waals surface area contributed by atoms with E-state index in [4.69, 9.17) is 0 Å². The molecule has 0 spiro atoms. The van der Waals surface area contributed by atoms with Gasteiger partial charge in [0.25, 0.3) is 0 Å². The van der Waals surface area contributed by atoms with Gasteiger partial charge in [-0.3, -0.25) is 4.79 Å². The van der Waals surface area contributed by atoms with Gasteiger partial charge in [0.05, 0.1) is 0 Å². The highest BCUT2D eigenvalue weighted by molar-refractivity contribution is 5.86. The second kappa shape index (κ2) is 6.75. The van der Waals surface area contributed by atoms with Crippen molar-refractivity contribution in [3.63, 3.8) is 0 Å². The van der Waals surface area contributed by atoms with E-state index in [0.29, 0.717) is 6.42 Å². The number of hydrogen-bond acceptors (Lipinski definition) is 1. The average Bonchev–Trinajstić information content (AvgIpc) is 2.98. The lowest BCUT2D eigenvalue weighted by Gasteiger charge is -2.23. The maximum absolute atomic E-state index is 12.3. The molecule has 0 fully saturated rings.